The minimum absolute atomic E-state index is 0.00888. The molecule has 8 heteroatoms. The van der Waals surface area contributed by atoms with Crippen molar-refractivity contribution in [3.63, 3.8) is 0 Å². The van der Waals surface area contributed by atoms with Crippen LogP contribution in [0.5, 0.6) is 0 Å². The van der Waals surface area contributed by atoms with E-state index in [0.717, 1.165) is 22.5 Å². The summed E-state index contributed by atoms with van der Waals surface area (Å²) in [6, 6.07) is 11.3. The zero-order valence-electron chi connectivity index (χ0n) is 22.0. The fourth-order valence-corrected chi connectivity index (χ4v) is 4.82. The van der Waals surface area contributed by atoms with Gasteiger partial charge in [0.25, 0.3) is 11.8 Å². The number of nitrogens with one attached hydrogen (secondary N) is 1. The van der Waals surface area contributed by atoms with Gasteiger partial charge in [0.1, 0.15) is 11.6 Å². The van der Waals surface area contributed by atoms with Crippen LogP contribution in [0.15, 0.2) is 35.9 Å². The topological polar surface area (TPSA) is 96.6 Å². The Morgan fingerprint density at radius 3 is 2.44 bits per heavy atom. The van der Waals surface area contributed by atoms with Crippen LogP contribution in [0.1, 0.15) is 59.7 Å². The van der Waals surface area contributed by atoms with Crippen LogP contribution < -0.4 is 5.32 Å². The van der Waals surface area contributed by atoms with Crippen molar-refractivity contribution in [2.75, 3.05) is 26.8 Å². The molecule has 3 unspecified atom stereocenters. The first kappa shape index (κ1) is 27.2. The van der Waals surface area contributed by atoms with E-state index >= 15 is 0 Å². The van der Waals surface area contributed by atoms with Gasteiger partial charge >= 0.3 is 0 Å². The molecule has 0 spiro atoms. The van der Waals surface area contributed by atoms with E-state index in [1.165, 1.54) is 0 Å². The molecule has 1 saturated heterocycles. The zero-order chi connectivity index (χ0) is 26.4. The fraction of sp³-hybridized carbons (Fsp3) is 0.464. The second-order valence-electron chi connectivity index (χ2n) is 9.52. The molecule has 1 aromatic carbocycles. The molecule has 36 heavy (non-hydrogen) atoms. The minimum atomic E-state index is -0.441. The van der Waals surface area contributed by atoms with E-state index in [1.54, 1.807) is 25.3 Å². The first-order valence-corrected chi connectivity index (χ1v) is 12.3. The molecule has 1 aromatic heterocycles. The average molecular weight is 493 g/mol. The molecule has 0 bridgehead atoms. The number of hydrogen-bond acceptors (Lipinski definition) is 5. The van der Waals surface area contributed by atoms with Gasteiger partial charge in [0, 0.05) is 43.7 Å². The highest BCUT2D eigenvalue weighted by atomic mass is 16.5. The SMILES string of the molecule is COCC(C)n1c(C)cc(/C=C(/C#N)C(=O)NCc2ccc(C(=O)N3CC(C)OC(C)C3)cc2)c1C. The molecule has 2 aromatic rings. The molecule has 1 aliphatic rings. The van der Waals surface area contributed by atoms with Crippen LogP contribution >= 0.6 is 0 Å². The lowest BCUT2D eigenvalue weighted by Gasteiger charge is -2.35. The molecule has 1 fully saturated rings. The van der Waals surface area contributed by atoms with E-state index in [4.69, 9.17) is 9.47 Å². The number of amides is 2. The number of nitriles is 1. The maximum atomic E-state index is 12.9. The predicted molar refractivity (Wildman–Crippen MR) is 138 cm³/mol. The first-order valence-electron chi connectivity index (χ1n) is 12.3. The van der Waals surface area contributed by atoms with Crippen molar-refractivity contribution in [2.45, 2.75) is 59.4 Å². The molecular formula is C28H36N4O4. The first-order chi connectivity index (χ1) is 17.1. The Balaban J connectivity index is 1.64. The van der Waals surface area contributed by atoms with Crippen LogP contribution in [-0.4, -0.2) is 60.3 Å². The van der Waals surface area contributed by atoms with E-state index in [-0.39, 0.29) is 36.3 Å². The van der Waals surface area contributed by atoms with Gasteiger partial charge in [-0.2, -0.15) is 5.26 Å². The Bertz CT molecular complexity index is 1150. The van der Waals surface area contributed by atoms with E-state index in [1.807, 2.05) is 56.9 Å². The van der Waals surface area contributed by atoms with Gasteiger partial charge in [-0.15, -0.1) is 0 Å². The van der Waals surface area contributed by atoms with Gasteiger partial charge in [-0.05, 0) is 70.0 Å². The number of ether oxygens (including phenoxy) is 2. The molecule has 2 amide bonds. The standard InChI is InChI=1S/C28H36N4O4/c1-18-11-25(22(5)32(18)19(2)17-35-6)12-26(13-29)27(33)30-14-23-7-9-24(10-8-23)28(34)31-15-20(3)36-21(4)16-31/h7-12,19-21H,14-17H2,1-6H3,(H,30,33)/b26-12-. The summed E-state index contributed by atoms with van der Waals surface area (Å²) < 4.78 is 13.1. The van der Waals surface area contributed by atoms with Crippen LogP contribution in [0, 0.1) is 25.2 Å². The summed E-state index contributed by atoms with van der Waals surface area (Å²) in [5.74, 6) is -0.469. The summed E-state index contributed by atoms with van der Waals surface area (Å²) in [4.78, 5) is 27.4. The number of hydrogen-bond donors (Lipinski definition) is 1. The highest BCUT2D eigenvalue weighted by Gasteiger charge is 2.26. The summed E-state index contributed by atoms with van der Waals surface area (Å²) >= 11 is 0. The lowest BCUT2D eigenvalue weighted by atomic mass is 10.1. The van der Waals surface area contributed by atoms with Crippen LogP contribution in [0.25, 0.3) is 6.08 Å². The Kier molecular flexibility index (Phi) is 9.08. The summed E-state index contributed by atoms with van der Waals surface area (Å²) in [5.41, 5.74) is 4.32. The number of methoxy groups -OCH3 is 1. The molecule has 0 aliphatic carbocycles. The largest absolute Gasteiger partial charge is 0.383 e. The second kappa shape index (κ2) is 12.0. The highest BCUT2D eigenvalue weighted by molar-refractivity contribution is 6.01. The van der Waals surface area contributed by atoms with Gasteiger partial charge in [-0.1, -0.05) is 12.1 Å². The third-order valence-corrected chi connectivity index (χ3v) is 6.40. The lowest BCUT2D eigenvalue weighted by Crippen LogP contribution is -2.48. The summed E-state index contributed by atoms with van der Waals surface area (Å²) in [7, 11) is 1.67. The molecular weight excluding hydrogens is 456 g/mol. The number of aryl methyl sites for hydroxylation is 1. The van der Waals surface area contributed by atoms with E-state index < -0.39 is 5.91 Å². The smallest absolute Gasteiger partial charge is 0.262 e. The Labute approximate surface area is 213 Å². The van der Waals surface area contributed by atoms with Crippen molar-refractivity contribution >= 4 is 17.9 Å². The normalized spacial score (nSPS) is 19.0. The number of benzene rings is 1. The molecule has 0 radical (unpaired) electrons. The maximum absolute atomic E-state index is 12.9. The molecule has 1 aliphatic heterocycles. The van der Waals surface area contributed by atoms with Crippen LogP contribution in [0.2, 0.25) is 0 Å². The average Bonchev–Trinajstić information content (AvgIpc) is 3.12. The van der Waals surface area contributed by atoms with Crippen molar-refractivity contribution in [3.05, 3.63) is 64.0 Å². The summed E-state index contributed by atoms with van der Waals surface area (Å²) in [5, 5.41) is 12.4. The molecule has 2 heterocycles. The van der Waals surface area contributed by atoms with Gasteiger partial charge in [0.2, 0.25) is 0 Å². The Morgan fingerprint density at radius 2 is 1.86 bits per heavy atom. The summed E-state index contributed by atoms with van der Waals surface area (Å²) in [6.45, 7) is 11.9. The second-order valence-corrected chi connectivity index (χ2v) is 9.52. The van der Waals surface area contributed by atoms with Gasteiger partial charge in [-0.25, -0.2) is 0 Å². The molecule has 3 rings (SSSR count). The number of nitrogens with zero attached hydrogens (tertiary/aromatic N) is 3. The monoisotopic (exact) mass is 492 g/mol. The number of aromatic nitrogens is 1. The molecule has 3 atom stereocenters. The predicted octanol–water partition coefficient (Wildman–Crippen LogP) is 3.79. The van der Waals surface area contributed by atoms with Crippen LogP contribution in [0.3, 0.4) is 0 Å². The maximum Gasteiger partial charge on any atom is 0.262 e. The third kappa shape index (κ3) is 6.42. The van der Waals surface area contributed by atoms with Gasteiger partial charge in [-0.3, -0.25) is 9.59 Å². The number of carbonyl (C=O) groups is 2. The van der Waals surface area contributed by atoms with Gasteiger partial charge in [0.15, 0.2) is 0 Å². The molecule has 1 N–H and O–H groups in total. The third-order valence-electron chi connectivity index (χ3n) is 6.40. The molecule has 192 valence electrons. The van der Waals surface area contributed by atoms with E-state index in [2.05, 4.69) is 16.8 Å². The zero-order valence-corrected chi connectivity index (χ0v) is 22.0. The lowest BCUT2D eigenvalue weighted by molar-refractivity contribution is -0.117. The van der Waals surface area contributed by atoms with Crippen LogP contribution in [0.4, 0.5) is 0 Å². The Morgan fingerprint density at radius 1 is 1.22 bits per heavy atom. The summed E-state index contributed by atoms with van der Waals surface area (Å²) in [6.07, 6.45) is 1.64. The molecule has 0 saturated carbocycles. The molecule has 8 nitrogen and oxygen atoms in total. The quantitative estimate of drug-likeness (QED) is 0.447. The Hall–Kier alpha value is -3.41. The minimum Gasteiger partial charge on any atom is -0.383 e. The highest BCUT2D eigenvalue weighted by Crippen LogP contribution is 2.23. The van der Waals surface area contributed by atoms with E-state index in [0.29, 0.717) is 25.3 Å². The number of rotatable bonds is 8. The van der Waals surface area contributed by atoms with Gasteiger partial charge < -0.3 is 24.3 Å². The van der Waals surface area contributed by atoms with Crippen molar-refractivity contribution in [2.24, 2.45) is 0 Å². The number of morpholine rings is 1. The van der Waals surface area contributed by atoms with Crippen molar-refractivity contribution in [3.8, 4) is 6.07 Å². The van der Waals surface area contributed by atoms with E-state index in [9.17, 15) is 14.9 Å². The van der Waals surface area contributed by atoms with Crippen molar-refractivity contribution in [1.29, 1.82) is 5.26 Å². The van der Waals surface area contributed by atoms with Gasteiger partial charge in [0.05, 0.1) is 24.9 Å². The fourth-order valence-electron chi connectivity index (χ4n) is 4.82. The van der Waals surface area contributed by atoms with Crippen LogP contribution in [-0.2, 0) is 20.8 Å². The number of carbonyl (C=O) groups excluding carboxylic acids is 2. The van der Waals surface area contributed by atoms with Crippen molar-refractivity contribution in [1.82, 2.24) is 14.8 Å². The van der Waals surface area contributed by atoms with Crippen molar-refractivity contribution < 1.29 is 19.1 Å².